The monoisotopic (exact) mass is 475 g/mol. The predicted molar refractivity (Wildman–Crippen MR) is 127 cm³/mol. The van der Waals surface area contributed by atoms with Gasteiger partial charge in [-0.15, -0.1) is 0 Å². The quantitative estimate of drug-likeness (QED) is 0.356. The molecule has 3 aromatic rings. The number of rotatable bonds is 7. The summed E-state index contributed by atoms with van der Waals surface area (Å²) in [5.41, 5.74) is 2.60. The maximum Gasteiger partial charge on any atom is 0.251 e. The van der Waals surface area contributed by atoms with Crippen LogP contribution < -0.4 is 16.0 Å². The summed E-state index contributed by atoms with van der Waals surface area (Å²) in [4.78, 5) is 24.7. The molecule has 0 aromatic heterocycles. The Morgan fingerprint density at radius 1 is 0.871 bits per heavy atom. The molecule has 2 amide bonds. The van der Waals surface area contributed by atoms with Crippen LogP contribution in [-0.2, 0) is 4.79 Å². The van der Waals surface area contributed by atoms with Crippen LogP contribution >= 0.6 is 34.8 Å². The van der Waals surface area contributed by atoms with Crippen molar-refractivity contribution < 1.29 is 9.59 Å². The first-order valence-electron chi connectivity index (χ1n) is 9.47. The lowest BCUT2D eigenvalue weighted by atomic mass is 10.1. The minimum atomic E-state index is -0.281. The molecule has 0 aliphatic heterocycles. The summed E-state index contributed by atoms with van der Waals surface area (Å²) in [6.07, 6.45) is 0. The van der Waals surface area contributed by atoms with Crippen LogP contribution in [0.1, 0.15) is 28.9 Å². The van der Waals surface area contributed by atoms with E-state index in [9.17, 15) is 9.59 Å². The first kappa shape index (κ1) is 22.9. The fraction of sp³-hybridized carbons (Fsp3) is 0.130. The van der Waals surface area contributed by atoms with Crippen LogP contribution in [0.4, 0.5) is 11.4 Å². The molecular formula is C23H20Cl3N3O2. The lowest BCUT2D eigenvalue weighted by Crippen LogP contribution is -2.26. The predicted octanol–water partition coefficient (Wildman–Crippen LogP) is 6.19. The number of benzene rings is 3. The van der Waals surface area contributed by atoms with Crippen molar-refractivity contribution in [2.24, 2.45) is 0 Å². The summed E-state index contributed by atoms with van der Waals surface area (Å²) in [7, 11) is 0. The van der Waals surface area contributed by atoms with Gasteiger partial charge in [0.2, 0.25) is 5.91 Å². The zero-order valence-electron chi connectivity index (χ0n) is 16.6. The van der Waals surface area contributed by atoms with Crippen LogP contribution in [0, 0.1) is 0 Å². The molecule has 0 aliphatic rings. The van der Waals surface area contributed by atoms with Crippen LogP contribution in [-0.4, -0.2) is 18.4 Å². The second-order valence-electron chi connectivity index (χ2n) is 6.83. The van der Waals surface area contributed by atoms with Gasteiger partial charge < -0.3 is 16.0 Å². The van der Waals surface area contributed by atoms with E-state index in [1.54, 1.807) is 30.3 Å². The van der Waals surface area contributed by atoms with Crippen molar-refractivity contribution in [1.82, 2.24) is 5.32 Å². The van der Waals surface area contributed by atoms with Gasteiger partial charge in [0.1, 0.15) is 0 Å². The summed E-state index contributed by atoms with van der Waals surface area (Å²) < 4.78 is 0. The van der Waals surface area contributed by atoms with E-state index < -0.39 is 0 Å². The van der Waals surface area contributed by atoms with Crippen molar-refractivity contribution in [3.63, 3.8) is 0 Å². The smallest absolute Gasteiger partial charge is 0.251 e. The average Bonchev–Trinajstić information content (AvgIpc) is 2.76. The molecule has 0 radical (unpaired) electrons. The Hall–Kier alpha value is -2.73. The van der Waals surface area contributed by atoms with Gasteiger partial charge in [0.05, 0.1) is 33.3 Å². The van der Waals surface area contributed by atoms with Crippen molar-refractivity contribution in [2.45, 2.75) is 13.0 Å². The molecule has 31 heavy (non-hydrogen) atoms. The zero-order chi connectivity index (χ0) is 22.4. The van der Waals surface area contributed by atoms with E-state index in [1.807, 2.05) is 37.3 Å². The molecule has 160 valence electrons. The van der Waals surface area contributed by atoms with Crippen LogP contribution in [0.5, 0.6) is 0 Å². The number of halogens is 3. The molecule has 3 rings (SSSR count). The number of hydrogen-bond acceptors (Lipinski definition) is 3. The molecule has 3 aromatic carbocycles. The van der Waals surface area contributed by atoms with E-state index in [0.29, 0.717) is 32.0 Å². The molecule has 0 saturated carbocycles. The van der Waals surface area contributed by atoms with Gasteiger partial charge in [-0.05, 0) is 48.9 Å². The molecule has 1 unspecified atom stereocenters. The molecule has 0 heterocycles. The third kappa shape index (κ3) is 6.37. The van der Waals surface area contributed by atoms with Gasteiger partial charge in [0.15, 0.2) is 0 Å². The Bertz CT molecular complexity index is 1070. The number of nitrogens with one attached hydrogen (secondary N) is 3. The highest BCUT2D eigenvalue weighted by Gasteiger charge is 2.12. The maximum absolute atomic E-state index is 12.5. The van der Waals surface area contributed by atoms with E-state index in [1.165, 1.54) is 6.07 Å². The summed E-state index contributed by atoms with van der Waals surface area (Å²) in [5, 5.41) is 9.67. The fourth-order valence-electron chi connectivity index (χ4n) is 2.85. The van der Waals surface area contributed by atoms with E-state index >= 15 is 0 Å². The van der Waals surface area contributed by atoms with E-state index in [-0.39, 0.29) is 24.4 Å². The SMILES string of the molecule is CC(NC(=O)c1ccc(NC(=O)CNc2cc(Cl)c(Cl)cc2Cl)cc1)c1ccccc1. The highest BCUT2D eigenvalue weighted by Crippen LogP contribution is 2.32. The number of carbonyl (C=O) groups is 2. The van der Waals surface area contributed by atoms with Crippen molar-refractivity contribution in [3.05, 3.63) is 92.9 Å². The van der Waals surface area contributed by atoms with Crippen molar-refractivity contribution in [3.8, 4) is 0 Å². The normalized spacial score (nSPS) is 11.5. The number of carbonyl (C=O) groups excluding carboxylic acids is 2. The van der Waals surface area contributed by atoms with Gasteiger partial charge in [-0.3, -0.25) is 9.59 Å². The number of anilines is 2. The average molecular weight is 477 g/mol. The largest absolute Gasteiger partial charge is 0.375 e. The van der Waals surface area contributed by atoms with Crippen LogP contribution in [0.2, 0.25) is 15.1 Å². The molecule has 1 atom stereocenters. The van der Waals surface area contributed by atoms with Gasteiger partial charge in [0.25, 0.3) is 5.91 Å². The maximum atomic E-state index is 12.5. The molecule has 5 nitrogen and oxygen atoms in total. The summed E-state index contributed by atoms with van der Waals surface area (Å²) in [6.45, 7) is 1.91. The molecule has 0 bridgehead atoms. The van der Waals surface area contributed by atoms with Gasteiger partial charge in [-0.25, -0.2) is 0 Å². The molecule has 0 spiro atoms. The lowest BCUT2D eigenvalue weighted by Gasteiger charge is -2.14. The van der Waals surface area contributed by atoms with Gasteiger partial charge in [0, 0.05) is 11.3 Å². The van der Waals surface area contributed by atoms with E-state index in [4.69, 9.17) is 34.8 Å². The highest BCUT2D eigenvalue weighted by molar-refractivity contribution is 6.44. The first-order valence-corrected chi connectivity index (χ1v) is 10.6. The molecule has 0 aliphatic carbocycles. The Morgan fingerprint density at radius 2 is 1.52 bits per heavy atom. The number of amides is 2. The Morgan fingerprint density at radius 3 is 2.19 bits per heavy atom. The van der Waals surface area contributed by atoms with Gasteiger partial charge in [-0.2, -0.15) is 0 Å². The second-order valence-corrected chi connectivity index (χ2v) is 8.05. The fourth-order valence-corrected chi connectivity index (χ4v) is 3.46. The van der Waals surface area contributed by atoms with Crippen molar-refractivity contribution in [2.75, 3.05) is 17.2 Å². The molecular weight excluding hydrogens is 457 g/mol. The zero-order valence-corrected chi connectivity index (χ0v) is 18.9. The van der Waals surface area contributed by atoms with Crippen LogP contribution in [0.25, 0.3) is 0 Å². The van der Waals surface area contributed by atoms with E-state index in [2.05, 4.69) is 16.0 Å². The highest BCUT2D eigenvalue weighted by atomic mass is 35.5. The third-order valence-electron chi connectivity index (χ3n) is 4.53. The Kier molecular flexibility index (Phi) is 7.80. The van der Waals surface area contributed by atoms with Crippen LogP contribution in [0.3, 0.4) is 0 Å². The topological polar surface area (TPSA) is 70.2 Å². The lowest BCUT2D eigenvalue weighted by molar-refractivity contribution is -0.114. The molecule has 8 heteroatoms. The Balaban J connectivity index is 1.53. The third-order valence-corrected chi connectivity index (χ3v) is 5.56. The minimum Gasteiger partial charge on any atom is -0.375 e. The number of hydrogen-bond donors (Lipinski definition) is 3. The summed E-state index contributed by atoms with van der Waals surface area (Å²) >= 11 is 18.0. The molecule has 0 saturated heterocycles. The van der Waals surface area contributed by atoms with Crippen molar-refractivity contribution in [1.29, 1.82) is 0 Å². The van der Waals surface area contributed by atoms with Gasteiger partial charge in [-0.1, -0.05) is 65.1 Å². The summed E-state index contributed by atoms with van der Waals surface area (Å²) in [6, 6.07) is 19.3. The standard InChI is InChI=1S/C23H20Cl3N3O2/c1-14(15-5-3-2-4-6-15)28-23(31)16-7-9-17(10-8-16)29-22(30)13-27-21-12-19(25)18(24)11-20(21)26/h2-12,14,27H,13H2,1H3,(H,28,31)(H,29,30). The second kappa shape index (κ2) is 10.5. The van der Waals surface area contributed by atoms with Crippen LogP contribution in [0.15, 0.2) is 66.7 Å². The Labute approximate surface area is 195 Å². The molecule has 3 N–H and O–H groups in total. The van der Waals surface area contributed by atoms with Crippen molar-refractivity contribution >= 4 is 58.0 Å². The molecule has 0 fully saturated rings. The first-order chi connectivity index (χ1) is 14.8. The minimum absolute atomic E-state index is 0.0193. The summed E-state index contributed by atoms with van der Waals surface area (Å²) in [5.74, 6) is -0.470. The van der Waals surface area contributed by atoms with Gasteiger partial charge >= 0.3 is 0 Å². The van der Waals surface area contributed by atoms with E-state index in [0.717, 1.165) is 5.56 Å².